The molecule has 1 aromatic heterocycles. The molecule has 0 atom stereocenters. The van der Waals surface area contributed by atoms with E-state index in [0.29, 0.717) is 11.4 Å². The van der Waals surface area contributed by atoms with E-state index in [-0.39, 0.29) is 19.1 Å². The van der Waals surface area contributed by atoms with Gasteiger partial charge >= 0.3 is 0 Å². The third-order valence-corrected chi connectivity index (χ3v) is 1.72. The van der Waals surface area contributed by atoms with Crippen LogP contribution in [0.1, 0.15) is 16.2 Å². The Morgan fingerprint density at radius 3 is 2.85 bits per heavy atom. The minimum absolute atomic E-state index is 0.0783. The molecule has 2 N–H and O–H groups in total. The van der Waals surface area contributed by atoms with Crippen molar-refractivity contribution in [1.29, 1.82) is 0 Å². The molecule has 72 valence electrons. The summed E-state index contributed by atoms with van der Waals surface area (Å²) in [5.74, 6) is -0.306. The van der Waals surface area contributed by atoms with Gasteiger partial charge in [-0.2, -0.15) is 0 Å². The summed E-state index contributed by atoms with van der Waals surface area (Å²) in [5.41, 5.74) is 1.01. The molecule has 0 saturated carbocycles. The van der Waals surface area contributed by atoms with E-state index in [9.17, 15) is 4.79 Å². The number of hydrogen-bond acceptors (Lipinski definition) is 4. The SMILES string of the molecule is Cc1c(C(=O)NCCO)nnn1C. The quantitative estimate of drug-likeness (QED) is 0.621. The predicted molar refractivity (Wildman–Crippen MR) is 45.2 cm³/mol. The Morgan fingerprint density at radius 1 is 1.69 bits per heavy atom. The summed E-state index contributed by atoms with van der Waals surface area (Å²) in [5, 5.41) is 18.4. The van der Waals surface area contributed by atoms with Gasteiger partial charge in [0.15, 0.2) is 5.69 Å². The summed E-state index contributed by atoms with van der Waals surface area (Å²) in [6.45, 7) is 1.91. The van der Waals surface area contributed by atoms with E-state index in [2.05, 4.69) is 15.6 Å². The van der Waals surface area contributed by atoms with Gasteiger partial charge < -0.3 is 10.4 Å². The smallest absolute Gasteiger partial charge is 0.273 e. The zero-order valence-electron chi connectivity index (χ0n) is 7.61. The Bertz CT molecular complexity index is 307. The van der Waals surface area contributed by atoms with Gasteiger partial charge in [-0.25, -0.2) is 0 Å². The van der Waals surface area contributed by atoms with E-state index in [1.807, 2.05) is 0 Å². The van der Waals surface area contributed by atoms with Crippen LogP contribution in [0.15, 0.2) is 0 Å². The molecular weight excluding hydrogens is 172 g/mol. The van der Waals surface area contributed by atoms with Crippen molar-refractivity contribution in [2.75, 3.05) is 13.2 Å². The molecule has 0 aliphatic heterocycles. The molecule has 1 rings (SSSR count). The van der Waals surface area contributed by atoms with E-state index >= 15 is 0 Å². The van der Waals surface area contributed by atoms with E-state index in [1.165, 1.54) is 4.68 Å². The molecule has 13 heavy (non-hydrogen) atoms. The monoisotopic (exact) mass is 184 g/mol. The van der Waals surface area contributed by atoms with Crippen LogP contribution in [0.25, 0.3) is 0 Å². The van der Waals surface area contributed by atoms with Crippen molar-refractivity contribution in [3.8, 4) is 0 Å². The molecule has 0 aromatic carbocycles. The van der Waals surface area contributed by atoms with Crippen LogP contribution in [0.4, 0.5) is 0 Å². The van der Waals surface area contributed by atoms with Gasteiger partial charge in [-0.3, -0.25) is 9.48 Å². The summed E-state index contributed by atoms with van der Waals surface area (Å²) in [7, 11) is 1.71. The fourth-order valence-corrected chi connectivity index (χ4v) is 0.867. The van der Waals surface area contributed by atoms with Gasteiger partial charge in [0.25, 0.3) is 5.91 Å². The number of amides is 1. The number of aliphatic hydroxyl groups excluding tert-OH is 1. The topological polar surface area (TPSA) is 80.0 Å². The van der Waals surface area contributed by atoms with Crippen LogP contribution < -0.4 is 5.32 Å². The molecule has 6 nitrogen and oxygen atoms in total. The van der Waals surface area contributed by atoms with Crippen molar-refractivity contribution in [1.82, 2.24) is 20.3 Å². The highest BCUT2D eigenvalue weighted by Crippen LogP contribution is 2.00. The van der Waals surface area contributed by atoms with Crippen molar-refractivity contribution >= 4 is 5.91 Å². The van der Waals surface area contributed by atoms with Crippen LogP contribution in [-0.4, -0.2) is 39.2 Å². The van der Waals surface area contributed by atoms with Gasteiger partial charge in [-0.15, -0.1) is 5.10 Å². The standard InChI is InChI=1S/C7H12N4O2/c1-5-6(9-10-11(5)2)7(13)8-3-4-12/h12H,3-4H2,1-2H3,(H,8,13). The molecule has 0 aliphatic rings. The van der Waals surface area contributed by atoms with Crippen LogP contribution in [-0.2, 0) is 7.05 Å². The first-order valence-electron chi connectivity index (χ1n) is 3.92. The molecular formula is C7H12N4O2. The lowest BCUT2D eigenvalue weighted by Gasteiger charge is -1.99. The Labute approximate surface area is 75.6 Å². The highest BCUT2D eigenvalue weighted by atomic mass is 16.3. The van der Waals surface area contributed by atoms with Crippen LogP contribution in [0.5, 0.6) is 0 Å². The second kappa shape index (κ2) is 3.99. The second-order valence-corrected chi connectivity index (χ2v) is 2.63. The fraction of sp³-hybridized carbons (Fsp3) is 0.571. The maximum Gasteiger partial charge on any atom is 0.273 e. The first-order chi connectivity index (χ1) is 6.16. The number of nitrogens with one attached hydrogen (secondary N) is 1. The second-order valence-electron chi connectivity index (χ2n) is 2.63. The van der Waals surface area contributed by atoms with Crippen LogP contribution in [0, 0.1) is 6.92 Å². The van der Waals surface area contributed by atoms with Crippen molar-refractivity contribution < 1.29 is 9.90 Å². The summed E-state index contributed by atoms with van der Waals surface area (Å²) in [6, 6.07) is 0. The van der Waals surface area contributed by atoms with Crippen molar-refractivity contribution in [3.05, 3.63) is 11.4 Å². The van der Waals surface area contributed by atoms with E-state index in [1.54, 1.807) is 14.0 Å². The molecule has 0 bridgehead atoms. The number of carbonyl (C=O) groups is 1. The van der Waals surface area contributed by atoms with E-state index in [4.69, 9.17) is 5.11 Å². The summed E-state index contributed by atoms with van der Waals surface area (Å²) >= 11 is 0. The predicted octanol–water partition coefficient (Wildman–Crippen LogP) is -1.15. The lowest BCUT2D eigenvalue weighted by atomic mass is 10.3. The molecule has 0 radical (unpaired) electrons. The van der Waals surface area contributed by atoms with Crippen molar-refractivity contribution in [2.45, 2.75) is 6.92 Å². The van der Waals surface area contributed by atoms with Gasteiger partial charge in [0.2, 0.25) is 0 Å². The first kappa shape index (κ1) is 9.66. The number of hydrogen-bond donors (Lipinski definition) is 2. The average Bonchev–Trinajstić information content (AvgIpc) is 2.44. The third-order valence-electron chi connectivity index (χ3n) is 1.72. The molecule has 0 fully saturated rings. The number of rotatable bonds is 3. The van der Waals surface area contributed by atoms with Crippen molar-refractivity contribution in [3.63, 3.8) is 0 Å². The number of nitrogens with zero attached hydrogens (tertiary/aromatic N) is 3. The molecule has 6 heteroatoms. The zero-order chi connectivity index (χ0) is 9.84. The minimum Gasteiger partial charge on any atom is -0.395 e. The lowest BCUT2D eigenvalue weighted by molar-refractivity contribution is 0.0939. The van der Waals surface area contributed by atoms with Crippen molar-refractivity contribution in [2.24, 2.45) is 7.05 Å². The third kappa shape index (κ3) is 2.03. The first-order valence-corrected chi connectivity index (χ1v) is 3.92. The van der Waals surface area contributed by atoms with Crippen LogP contribution in [0.2, 0.25) is 0 Å². The highest BCUT2D eigenvalue weighted by molar-refractivity contribution is 5.93. The molecule has 1 aromatic rings. The molecule has 1 heterocycles. The van der Waals surface area contributed by atoms with E-state index in [0.717, 1.165) is 0 Å². The molecule has 1 amide bonds. The largest absolute Gasteiger partial charge is 0.395 e. The van der Waals surface area contributed by atoms with Gasteiger partial charge in [-0.05, 0) is 6.92 Å². The Morgan fingerprint density at radius 2 is 2.38 bits per heavy atom. The number of aliphatic hydroxyl groups is 1. The van der Waals surface area contributed by atoms with Gasteiger partial charge in [0.1, 0.15) is 0 Å². The minimum atomic E-state index is -0.306. The molecule has 0 unspecified atom stereocenters. The summed E-state index contributed by atoms with van der Waals surface area (Å²) < 4.78 is 1.52. The highest BCUT2D eigenvalue weighted by Gasteiger charge is 2.13. The summed E-state index contributed by atoms with van der Waals surface area (Å²) in [4.78, 5) is 11.3. The zero-order valence-corrected chi connectivity index (χ0v) is 7.61. The van der Waals surface area contributed by atoms with E-state index < -0.39 is 0 Å². The Kier molecular flexibility index (Phi) is 2.97. The number of carbonyl (C=O) groups excluding carboxylic acids is 1. The number of aromatic nitrogens is 3. The molecule has 0 spiro atoms. The van der Waals surface area contributed by atoms with Crippen LogP contribution in [0.3, 0.4) is 0 Å². The van der Waals surface area contributed by atoms with Gasteiger partial charge in [0, 0.05) is 13.6 Å². The lowest BCUT2D eigenvalue weighted by Crippen LogP contribution is -2.27. The Hall–Kier alpha value is -1.43. The number of aryl methyl sites for hydroxylation is 1. The Balaban J connectivity index is 2.71. The molecule has 0 saturated heterocycles. The average molecular weight is 184 g/mol. The maximum absolute atomic E-state index is 11.3. The summed E-state index contributed by atoms with van der Waals surface area (Å²) in [6.07, 6.45) is 0. The maximum atomic E-state index is 11.3. The molecule has 0 aliphatic carbocycles. The fourth-order valence-electron chi connectivity index (χ4n) is 0.867. The normalized spacial score (nSPS) is 10.1. The van der Waals surface area contributed by atoms with Gasteiger partial charge in [-0.1, -0.05) is 5.21 Å². The van der Waals surface area contributed by atoms with Crippen LogP contribution >= 0.6 is 0 Å². The van der Waals surface area contributed by atoms with Gasteiger partial charge in [0.05, 0.1) is 12.3 Å².